The Bertz CT molecular complexity index is 538. The Kier molecular flexibility index (Phi) is 4.88. The number of aliphatic hydroxyl groups excluding tert-OH is 1. The van der Waals surface area contributed by atoms with Crippen LogP contribution in [0.4, 0.5) is 0 Å². The van der Waals surface area contributed by atoms with Crippen molar-refractivity contribution in [3.8, 4) is 0 Å². The Morgan fingerprint density at radius 1 is 1.37 bits per heavy atom. The number of aliphatic hydroxyl groups is 1. The first-order valence-electron chi connectivity index (χ1n) is 6.82. The zero-order valence-electron chi connectivity index (χ0n) is 11.8. The Hall–Kier alpha value is -1.00. The number of benzene rings is 1. The van der Waals surface area contributed by atoms with Gasteiger partial charge in [-0.25, -0.2) is 0 Å². The number of para-hydroxylation sites is 1. The molecule has 4 heteroatoms. The summed E-state index contributed by atoms with van der Waals surface area (Å²) in [5.74, 6) is 0.778. The SMILES string of the molecule is CCC(C)SCC(O)Cc1nn(C)c2ccccc12. The molecule has 0 fully saturated rings. The third-order valence-electron chi connectivity index (χ3n) is 3.41. The summed E-state index contributed by atoms with van der Waals surface area (Å²) in [6.45, 7) is 4.38. The maximum atomic E-state index is 10.1. The van der Waals surface area contributed by atoms with Crippen LogP contribution in [-0.4, -0.2) is 32.0 Å². The molecule has 0 bridgehead atoms. The number of aromatic nitrogens is 2. The lowest BCUT2D eigenvalue weighted by Crippen LogP contribution is -2.16. The van der Waals surface area contributed by atoms with Crippen LogP contribution in [0.15, 0.2) is 24.3 Å². The van der Waals surface area contributed by atoms with Crippen molar-refractivity contribution >= 4 is 22.7 Å². The van der Waals surface area contributed by atoms with E-state index in [0.717, 1.165) is 28.8 Å². The van der Waals surface area contributed by atoms with E-state index in [4.69, 9.17) is 0 Å². The molecule has 2 unspecified atom stereocenters. The molecule has 2 atom stereocenters. The molecule has 1 aromatic carbocycles. The number of nitrogens with zero attached hydrogens (tertiary/aromatic N) is 2. The van der Waals surface area contributed by atoms with Crippen molar-refractivity contribution in [2.45, 2.75) is 38.0 Å². The van der Waals surface area contributed by atoms with Gasteiger partial charge in [0.1, 0.15) is 0 Å². The second kappa shape index (κ2) is 6.44. The highest BCUT2D eigenvalue weighted by molar-refractivity contribution is 7.99. The molecule has 3 nitrogen and oxygen atoms in total. The molecule has 0 aliphatic carbocycles. The van der Waals surface area contributed by atoms with Crippen LogP contribution in [0.25, 0.3) is 10.9 Å². The lowest BCUT2D eigenvalue weighted by atomic mass is 10.1. The van der Waals surface area contributed by atoms with Gasteiger partial charge in [0.2, 0.25) is 0 Å². The summed E-state index contributed by atoms with van der Waals surface area (Å²) in [4.78, 5) is 0. The minimum absolute atomic E-state index is 0.322. The maximum Gasteiger partial charge on any atom is 0.0729 e. The number of rotatable bonds is 6. The van der Waals surface area contributed by atoms with Crippen molar-refractivity contribution < 1.29 is 5.11 Å². The van der Waals surface area contributed by atoms with Crippen LogP contribution >= 0.6 is 11.8 Å². The van der Waals surface area contributed by atoms with Crippen molar-refractivity contribution in [3.05, 3.63) is 30.0 Å². The van der Waals surface area contributed by atoms with E-state index in [-0.39, 0.29) is 6.10 Å². The van der Waals surface area contributed by atoms with Crippen LogP contribution in [0, 0.1) is 0 Å². The predicted molar refractivity (Wildman–Crippen MR) is 82.6 cm³/mol. The van der Waals surface area contributed by atoms with Crippen LogP contribution < -0.4 is 0 Å². The number of thioether (sulfide) groups is 1. The molecule has 19 heavy (non-hydrogen) atoms. The summed E-state index contributed by atoms with van der Waals surface area (Å²) in [6, 6.07) is 8.18. The van der Waals surface area contributed by atoms with E-state index in [1.165, 1.54) is 0 Å². The first kappa shape index (κ1) is 14.4. The molecule has 2 aromatic rings. The van der Waals surface area contributed by atoms with Crippen LogP contribution in [-0.2, 0) is 13.5 Å². The lowest BCUT2D eigenvalue weighted by Gasteiger charge is -2.12. The normalized spacial score (nSPS) is 14.7. The molecule has 0 radical (unpaired) electrons. The quantitative estimate of drug-likeness (QED) is 0.882. The minimum atomic E-state index is -0.322. The van der Waals surface area contributed by atoms with Crippen molar-refractivity contribution in [3.63, 3.8) is 0 Å². The molecule has 0 amide bonds. The van der Waals surface area contributed by atoms with Crippen molar-refractivity contribution in [2.24, 2.45) is 7.05 Å². The molecule has 104 valence electrons. The monoisotopic (exact) mass is 278 g/mol. The van der Waals surface area contributed by atoms with Gasteiger partial charge in [0.25, 0.3) is 0 Å². The summed E-state index contributed by atoms with van der Waals surface area (Å²) in [7, 11) is 1.95. The Labute approximate surface area is 119 Å². The summed E-state index contributed by atoms with van der Waals surface area (Å²) >= 11 is 1.83. The second-order valence-electron chi connectivity index (χ2n) is 5.00. The standard InChI is InChI=1S/C15H22N2OS/c1-4-11(2)19-10-12(18)9-14-13-7-5-6-8-15(13)17(3)16-14/h5-8,11-12,18H,4,9-10H2,1-3H3. The molecule has 1 heterocycles. The smallest absolute Gasteiger partial charge is 0.0729 e. The molecule has 2 rings (SSSR count). The minimum Gasteiger partial charge on any atom is -0.392 e. The average Bonchev–Trinajstić information content (AvgIpc) is 2.73. The molecule has 0 aliphatic heterocycles. The van der Waals surface area contributed by atoms with Gasteiger partial charge in [0.15, 0.2) is 0 Å². The number of aryl methyl sites for hydroxylation is 1. The summed E-state index contributed by atoms with van der Waals surface area (Å²) in [5.41, 5.74) is 2.12. The third-order valence-corrected chi connectivity index (χ3v) is 4.89. The molecule has 0 aliphatic rings. The third kappa shape index (κ3) is 3.51. The lowest BCUT2D eigenvalue weighted by molar-refractivity contribution is 0.199. The zero-order chi connectivity index (χ0) is 13.8. The van der Waals surface area contributed by atoms with E-state index in [0.29, 0.717) is 11.7 Å². The molecule has 0 saturated carbocycles. The summed E-state index contributed by atoms with van der Waals surface area (Å²) < 4.78 is 1.89. The van der Waals surface area contributed by atoms with Gasteiger partial charge in [0, 0.05) is 29.9 Å². The van der Waals surface area contributed by atoms with Gasteiger partial charge in [-0.1, -0.05) is 32.0 Å². The van der Waals surface area contributed by atoms with E-state index < -0.39 is 0 Å². The van der Waals surface area contributed by atoms with Gasteiger partial charge < -0.3 is 5.11 Å². The number of hydrogen-bond acceptors (Lipinski definition) is 3. The van der Waals surface area contributed by atoms with Gasteiger partial charge in [-0.3, -0.25) is 4.68 Å². The number of fused-ring (bicyclic) bond motifs is 1. The van der Waals surface area contributed by atoms with Gasteiger partial charge in [0.05, 0.1) is 17.3 Å². The topological polar surface area (TPSA) is 38.1 Å². The van der Waals surface area contributed by atoms with E-state index in [2.05, 4.69) is 31.1 Å². The van der Waals surface area contributed by atoms with Crippen molar-refractivity contribution in [1.29, 1.82) is 0 Å². The Balaban J connectivity index is 2.05. The maximum absolute atomic E-state index is 10.1. The van der Waals surface area contributed by atoms with Crippen LogP contribution in [0.3, 0.4) is 0 Å². The fourth-order valence-corrected chi connectivity index (χ4v) is 3.02. The summed E-state index contributed by atoms with van der Waals surface area (Å²) in [6.07, 6.45) is 1.45. The van der Waals surface area contributed by atoms with Gasteiger partial charge >= 0.3 is 0 Å². The van der Waals surface area contributed by atoms with Gasteiger partial charge in [-0.2, -0.15) is 16.9 Å². The highest BCUT2D eigenvalue weighted by Gasteiger charge is 2.13. The van der Waals surface area contributed by atoms with Crippen molar-refractivity contribution in [1.82, 2.24) is 9.78 Å². The van der Waals surface area contributed by atoms with Gasteiger partial charge in [-0.15, -0.1) is 0 Å². The van der Waals surface area contributed by atoms with E-state index in [1.54, 1.807) is 0 Å². The first-order chi connectivity index (χ1) is 9.11. The molecule has 1 N–H and O–H groups in total. The fraction of sp³-hybridized carbons (Fsp3) is 0.533. The molecule has 1 aromatic heterocycles. The van der Waals surface area contributed by atoms with Crippen LogP contribution in [0.1, 0.15) is 26.0 Å². The average molecular weight is 278 g/mol. The van der Waals surface area contributed by atoms with Gasteiger partial charge in [-0.05, 0) is 12.5 Å². The molecule has 0 spiro atoms. The zero-order valence-corrected chi connectivity index (χ0v) is 12.7. The molecule has 0 saturated heterocycles. The Morgan fingerprint density at radius 2 is 2.11 bits per heavy atom. The predicted octanol–water partition coefficient (Wildman–Crippen LogP) is 3.01. The second-order valence-corrected chi connectivity index (χ2v) is 6.47. The fourth-order valence-electron chi connectivity index (χ4n) is 2.11. The molecular weight excluding hydrogens is 256 g/mol. The number of hydrogen-bond donors (Lipinski definition) is 1. The largest absolute Gasteiger partial charge is 0.392 e. The van der Waals surface area contributed by atoms with Crippen LogP contribution in [0.2, 0.25) is 0 Å². The first-order valence-corrected chi connectivity index (χ1v) is 7.87. The van der Waals surface area contributed by atoms with E-state index in [1.807, 2.05) is 35.6 Å². The van der Waals surface area contributed by atoms with E-state index in [9.17, 15) is 5.11 Å². The van der Waals surface area contributed by atoms with Crippen LogP contribution in [0.5, 0.6) is 0 Å². The highest BCUT2D eigenvalue weighted by atomic mass is 32.2. The van der Waals surface area contributed by atoms with Crippen molar-refractivity contribution in [2.75, 3.05) is 5.75 Å². The Morgan fingerprint density at radius 3 is 2.84 bits per heavy atom. The molecular formula is C15H22N2OS. The summed E-state index contributed by atoms with van der Waals surface area (Å²) in [5, 5.41) is 16.4. The van der Waals surface area contributed by atoms with E-state index >= 15 is 0 Å². The highest BCUT2D eigenvalue weighted by Crippen LogP contribution is 2.21.